The summed E-state index contributed by atoms with van der Waals surface area (Å²) >= 11 is 0. The van der Waals surface area contributed by atoms with Crippen LogP contribution in [0.5, 0.6) is 5.75 Å². The Morgan fingerprint density at radius 3 is 2.58 bits per heavy atom. The van der Waals surface area contributed by atoms with E-state index < -0.39 is 68.5 Å². The van der Waals surface area contributed by atoms with Gasteiger partial charge in [0.05, 0.1) is 26.9 Å². The molecule has 6 atom stereocenters. The van der Waals surface area contributed by atoms with E-state index in [2.05, 4.69) is 4.52 Å². The van der Waals surface area contributed by atoms with Gasteiger partial charge in [-0.3, -0.25) is 23.4 Å². The fraction of sp³-hybridized carbons (Fsp3) is 0.524. The number of nitrogens with zero attached hydrogens (tertiary/aromatic N) is 1. The number of nitrogens with one attached hydrogen (secondary N) is 1. The van der Waals surface area contributed by atoms with Gasteiger partial charge in [0, 0.05) is 19.4 Å². The molecule has 2 aromatic rings. The molecule has 212 valence electrons. The molecule has 1 aromatic heterocycles. The number of phosphoric ester groups is 1. The number of aliphatic hydroxyl groups is 2. The van der Waals surface area contributed by atoms with Gasteiger partial charge < -0.3 is 34.1 Å². The molecule has 0 amide bonds. The number of benzene rings is 1. The standard InChI is InChI=1S/C21H27F2N2O12P/c1-32-9-13(34-8-12-3-4-15(33-2)14(22)7-12)10-35-38(30,31)36-11-21(23)18(28)17(27)19(37-21)25-6-5-16(26)24-20(25)29/h3-7,13,17-19,27-28H,8-11H2,1-2H3,(H,30,31)(H,24,26,29)/t13?,17-,18+,19-,21-/m1/s1. The summed E-state index contributed by atoms with van der Waals surface area (Å²) in [4.78, 5) is 35.0. The highest BCUT2D eigenvalue weighted by Crippen LogP contribution is 2.47. The van der Waals surface area contributed by atoms with E-state index in [0.29, 0.717) is 10.1 Å². The van der Waals surface area contributed by atoms with E-state index in [1.165, 1.54) is 26.4 Å². The van der Waals surface area contributed by atoms with Crippen molar-refractivity contribution >= 4 is 7.82 Å². The molecule has 1 fully saturated rings. The molecular formula is C21H27F2N2O12P. The van der Waals surface area contributed by atoms with Crippen LogP contribution in [0.1, 0.15) is 11.8 Å². The molecule has 17 heteroatoms. The molecule has 0 aliphatic carbocycles. The van der Waals surface area contributed by atoms with Gasteiger partial charge in [-0.15, -0.1) is 0 Å². The van der Waals surface area contributed by atoms with E-state index >= 15 is 4.39 Å². The molecule has 4 N–H and O–H groups in total. The zero-order valence-electron chi connectivity index (χ0n) is 20.2. The minimum absolute atomic E-state index is 0.0375. The number of methoxy groups -OCH3 is 2. The summed E-state index contributed by atoms with van der Waals surface area (Å²) < 4.78 is 71.8. The Labute approximate surface area is 213 Å². The average Bonchev–Trinajstić information content (AvgIpc) is 3.09. The molecular weight excluding hydrogens is 541 g/mol. The topological polar surface area (TPSA) is 188 Å². The molecule has 2 heterocycles. The van der Waals surface area contributed by atoms with Crippen LogP contribution in [0.15, 0.2) is 40.1 Å². The first-order chi connectivity index (χ1) is 17.9. The summed E-state index contributed by atoms with van der Waals surface area (Å²) in [6, 6.07) is 5.02. The maximum Gasteiger partial charge on any atom is 0.472 e. The molecule has 1 saturated heterocycles. The van der Waals surface area contributed by atoms with Crippen LogP contribution in [0.25, 0.3) is 0 Å². The van der Waals surface area contributed by atoms with Gasteiger partial charge in [-0.1, -0.05) is 6.07 Å². The van der Waals surface area contributed by atoms with E-state index in [0.717, 1.165) is 12.3 Å². The highest BCUT2D eigenvalue weighted by Gasteiger charge is 2.57. The van der Waals surface area contributed by atoms with Crippen LogP contribution in [-0.2, 0) is 34.4 Å². The molecule has 14 nitrogen and oxygen atoms in total. The summed E-state index contributed by atoms with van der Waals surface area (Å²) in [7, 11) is -2.33. The molecule has 1 aromatic carbocycles. The molecule has 1 aliphatic heterocycles. The third-order valence-corrected chi connectivity index (χ3v) is 6.33. The van der Waals surface area contributed by atoms with E-state index in [9.17, 15) is 33.7 Å². The lowest BCUT2D eigenvalue weighted by molar-refractivity contribution is -0.205. The number of aliphatic hydroxyl groups excluding tert-OH is 2. The van der Waals surface area contributed by atoms with Crippen molar-refractivity contribution in [1.82, 2.24) is 9.55 Å². The molecule has 1 aliphatic rings. The van der Waals surface area contributed by atoms with E-state index in [1.807, 2.05) is 4.98 Å². The fourth-order valence-electron chi connectivity index (χ4n) is 3.45. The predicted molar refractivity (Wildman–Crippen MR) is 122 cm³/mol. The predicted octanol–water partition coefficient (Wildman–Crippen LogP) is -0.0339. The summed E-state index contributed by atoms with van der Waals surface area (Å²) in [5, 5.41) is 20.3. The largest absolute Gasteiger partial charge is 0.494 e. The van der Waals surface area contributed by atoms with Crippen molar-refractivity contribution in [1.29, 1.82) is 0 Å². The lowest BCUT2D eigenvalue weighted by atomic mass is 10.1. The van der Waals surface area contributed by atoms with Crippen LogP contribution < -0.4 is 16.0 Å². The van der Waals surface area contributed by atoms with Crippen molar-refractivity contribution < 1.29 is 56.4 Å². The summed E-state index contributed by atoms with van der Waals surface area (Å²) in [5.74, 6) is -3.81. The number of aromatic nitrogens is 2. The highest BCUT2D eigenvalue weighted by atomic mass is 31.2. The second-order valence-electron chi connectivity index (χ2n) is 8.14. The number of hydrogen-bond acceptors (Lipinski definition) is 11. The first-order valence-corrected chi connectivity index (χ1v) is 12.5. The number of alkyl halides is 1. The Kier molecular flexibility index (Phi) is 9.91. The lowest BCUT2D eigenvalue weighted by Crippen LogP contribution is -2.43. The average molecular weight is 568 g/mol. The Balaban J connectivity index is 1.57. The quantitative estimate of drug-likeness (QED) is 0.237. The third kappa shape index (κ3) is 7.31. The zero-order chi connectivity index (χ0) is 28.1. The molecule has 3 rings (SSSR count). The first kappa shape index (κ1) is 30.0. The second kappa shape index (κ2) is 12.5. The Morgan fingerprint density at radius 2 is 1.95 bits per heavy atom. The van der Waals surface area contributed by atoms with Crippen molar-refractivity contribution in [2.75, 3.05) is 34.0 Å². The summed E-state index contributed by atoms with van der Waals surface area (Å²) in [5.41, 5.74) is -1.40. The van der Waals surface area contributed by atoms with Crippen LogP contribution >= 0.6 is 7.82 Å². The number of H-pyrrole nitrogens is 1. The fourth-order valence-corrected chi connectivity index (χ4v) is 4.22. The van der Waals surface area contributed by atoms with Crippen molar-refractivity contribution in [2.45, 2.75) is 37.0 Å². The minimum atomic E-state index is -4.97. The number of hydrogen-bond donors (Lipinski definition) is 4. The van der Waals surface area contributed by atoms with Gasteiger partial charge in [-0.25, -0.2) is 18.1 Å². The van der Waals surface area contributed by atoms with E-state index in [-0.39, 0.29) is 19.0 Å². The molecule has 2 unspecified atom stereocenters. The molecule has 0 bridgehead atoms. The normalized spacial score (nSPS) is 25.7. The van der Waals surface area contributed by atoms with Crippen molar-refractivity contribution in [3.8, 4) is 5.75 Å². The van der Waals surface area contributed by atoms with Crippen LogP contribution in [0.3, 0.4) is 0 Å². The summed E-state index contributed by atoms with van der Waals surface area (Å²) in [6.07, 6.45) is -6.12. The number of phosphoric acid groups is 1. The van der Waals surface area contributed by atoms with Crippen molar-refractivity contribution in [2.24, 2.45) is 0 Å². The Hall–Kier alpha value is -2.53. The van der Waals surface area contributed by atoms with E-state index in [4.69, 9.17) is 23.5 Å². The second-order valence-corrected chi connectivity index (χ2v) is 9.60. The summed E-state index contributed by atoms with van der Waals surface area (Å²) in [6.45, 7) is -2.17. The maximum absolute atomic E-state index is 15.2. The van der Waals surface area contributed by atoms with Crippen LogP contribution in [0, 0.1) is 5.82 Å². The van der Waals surface area contributed by atoms with Gasteiger partial charge in [0.1, 0.15) is 24.9 Å². The SMILES string of the molecule is COCC(COP(=O)(O)OC[C@@]1(F)O[C@@H](n2ccc(=O)[nH]c2=O)[C@H](O)[C@@H]1O)OCc1ccc(OC)c(F)c1. The first-order valence-electron chi connectivity index (χ1n) is 11.0. The molecule has 0 spiro atoms. The van der Waals surface area contributed by atoms with Crippen LogP contribution in [0.2, 0.25) is 0 Å². The van der Waals surface area contributed by atoms with Gasteiger partial charge in [0.2, 0.25) is 0 Å². The number of rotatable bonds is 13. The highest BCUT2D eigenvalue weighted by molar-refractivity contribution is 7.47. The van der Waals surface area contributed by atoms with Crippen molar-refractivity contribution in [3.63, 3.8) is 0 Å². The Morgan fingerprint density at radius 1 is 1.21 bits per heavy atom. The molecule has 0 saturated carbocycles. The smallest absolute Gasteiger partial charge is 0.472 e. The number of aromatic amines is 1. The number of ether oxygens (including phenoxy) is 4. The Bertz CT molecular complexity index is 1260. The maximum atomic E-state index is 15.2. The van der Waals surface area contributed by atoms with Gasteiger partial charge in [-0.2, -0.15) is 0 Å². The number of halogens is 2. The van der Waals surface area contributed by atoms with Gasteiger partial charge in [0.25, 0.3) is 11.4 Å². The van der Waals surface area contributed by atoms with Gasteiger partial charge in [0.15, 0.2) is 17.8 Å². The van der Waals surface area contributed by atoms with Gasteiger partial charge >= 0.3 is 13.5 Å². The van der Waals surface area contributed by atoms with Crippen molar-refractivity contribution in [3.05, 3.63) is 62.7 Å². The van der Waals surface area contributed by atoms with Crippen LogP contribution in [-0.4, -0.2) is 82.9 Å². The van der Waals surface area contributed by atoms with Crippen LogP contribution in [0.4, 0.5) is 8.78 Å². The zero-order valence-corrected chi connectivity index (χ0v) is 21.1. The van der Waals surface area contributed by atoms with Gasteiger partial charge in [-0.05, 0) is 17.7 Å². The molecule has 0 radical (unpaired) electrons. The minimum Gasteiger partial charge on any atom is -0.494 e. The monoisotopic (exact) mass is 568 g/mol. The van der Waals surface area contributed by atoms with E-state index in [1.54, 1.807) is 6.07 Å². The molecule has 38 heavy (non-hydrogen) atoms. The third-order valence-electron chi connectivity index (χ3n) is 5.40. The lowest BCUT2D eigenvalue weighted by Gasteiger charge is -2.24.